The van der Waals surface area contributed by atoms with Crippen LogP contribution in [0.2, 0.25) is 0 Å². The fourth-order valence-corrected chi connectivity index (χ4v) is 3.07. The summed E-state index contributed by atoms with van der Waals surface area (Å²) in [4.78, 5) is 25.8. The van der Waals surface area contributed by atoms with Gasteiger partial charge < -0.3 is 10.1 Å². The second kappa shape index (κ2) is 6.25. The summed E-state index contributed by atoms with van der Waals surface area (Å²) in [6.07, 6.45) is 1.08. The SMILES string of the molecule is O=C1c2ccc(Br)cc2C(=O)N1CCNCC1CCOC1. The monoisotopic (exact) mass is 352 g/mol. The minimum atomic E-state index is -0.206. The molecule has 0 spiro atoms. The van der Waals surface area contributed by atoms with Gasteiger partial charge in [-0.3, -0.25) is 14.5 Å². The number of halogens is 1. The second-order valence-electron chi connectivity index (χ2n) is 5.39. The van der Waals surface area contributed by atoms with Crippen LogP contribution in [0.15, 0.2) is 22.7 Å². The molecule has 1 N–H and O–H groups in total. The van der Waals surface area contributed by atoms with E-state index >= 15 is 0 Å². The van der Waals surface area contributed by atoms with Crippen LogP contribution in [-0.2, 0) is 4.74 Å². The van der Waals surface area contributed by atoms with E-state index in [2.05, 4.69) is 21.2 Å². The van der Waals surface area contributed by atoms with E-state index in [1.807, 2.05) is 0 Å². The number of carbonyl (C=O) groups excluding carboxylic acids is 2. The average Bonchev–Trinajstić information content (AvgIpc) is 3.06. The van der Waals surface area contributed by atoms with Gasteiger partial charge in [0.2, 0.25) is 0 Å². The lowest BCUT2D eigenvalue weighted by Crippen LogP contribution is -2.37. The Bertz CT molecular complexity index is 570. The summed E-state index contributed by atoms with van der Waals surface area (Å²) in [6, 6.07) is 5.19. The fraction of sp³-hybridized carbons (Fsp3) is 0.467. The molecule has 3 rings (SSSR count). The van der Waals surface area contributed by atoms with E-state index in [-0.39, 0.29) is 11.8 Å². The molecule has 1 unspecified atom stereocenters. The normalized spacial score (nSPS) is 21.2. The van der Waals surface area contributed by atoms with Gasteiger partial charge >= 0.3 is 0 Å². The number of rotatable bonds is 5. The molecule has 0 aliphatic carbocycles. The van der Waals surface area contributed by atoms with Crippen molar-refractivity contribution in [2.45, 2.75) is 6.42 Å². The highest BCUT2D eigenvalue weighted by Crippen LogP contribution is 2.25. The molecule has 2 aliphatic rings. The zero-order chi connectivity index (χ0) is 14.8. The van der Waals surface area contributed by atoms with Crippen molar-refractivity contribution in [2.75, 3.05) is 32.8 Å². The number of hydrogen-bond acceptors (Lipinski definition) is 4. The Hall–Kier alpha value is -1.24. The predicted molar refractivity (Wildman–Crippen MR) is 81.3 cm³/mol. The van der Waals surface area contributed by atoms with Gasteiger partial charge in [0, 0.05) is 30.7 Å². The van der Waals surface area contributed by atoms with Crippen LogP contribution < -0.4 is 5.32 Å². The van der Waals surface area contributed by atoms with E-state index in [0.717, 1.165) is 30.7 Å². The lowest BCUT2D eigenvalue weighted by atomic mass is 10.1. The van der Waals surface area contributed by atoms with Crippen molar-refractivity contribution >= 4 is 27.7 Å². The summed E-state index contributed by atoms with van der Waals surface area (Å²) >= 11 is 3.33. The maximum absolute atomic E-state index is 12.2. The molecule has 0 aromatic heterocycles. The Labute approximate surface area is 131 Å². The molecule has 1 fully saturated rings. The summed E-state index contributed by atoms with van der Waals surface area (Å²) in [5, 5.41) is 3.30. The first-order valence-corrected chi connectivity index (χ1v) is 7.90. The highest BCUT2D eigenvalue weighted by Gasteiger charge is 2.35. The van der Waals surface area contributed by atoms with Gasteiger partial charge in [-0.05, 0) is 30.5 Å². The van der Waals surface area contributed by atoms with Crippen molar-refractivity contribution in [1.29, 1.82) is 0 Å². The third-order valence-corrected chi connectivity index (χ3v) is 4.40. The summed E-state index contributed by atoms with van der Waals surface area (Å²) in [7, 11) is 0. The van der Waals surface area contributed by atoms with Gasteiger partial charge in [0.25, 0.3) is 11.8 Å². The second-order valence-corrected chi connectivity index (χ2v) is 6.30. The van der Waals surface area contributed by atoms with Crippen LogP contribution in [0.1, 0.15) is 27.1 Å². The number of ether oxygens (including phenoxy) is 1. The van der Waals surface area contributed by atoms with Gasteiger partial charge in [-0.25, -0.2) is 0 Å². The highest BCUT2D eigenvalue weighted by molar-refractivity contribution is 9.10. The molecule has 2 heterocycles. The molecule has 2 amide bonds. The first-order valence-electron chi connectivity index (χ1n) is 7.11. The van der Waals surface area contributed by atoms with Crippen LogP contribution in [0.25, 0.3) is 0 Å². The number of hydrogen-bond donors (Lipinski definition) is 1. The quantitative estimate of drug-likeness (QED) is 0.646. The molecule has 5 nitrogen and oxygen atoms in total. The number of nitrogens with one attached hydrogen (secondary N) is 1. The molecule has 6 heteroatoms. The van der Waals surface area contributed by atoms with Crippen LogP contribution >= 0.6 is 15.9 Å². The van der Waals surface area contributed by atoms with Gasteiger partial charge in [-0.2, -0.15) is 0 Å². The molecule has 1 saturated heterocycles. The van der Waals surface area contributed by atoms with E-state index in [0.29, 0.717) is 30.1 Å². The van der Waals surface area contributed by atoms with Crippen LogP contribution in [0.4, 0.5) is 0 Å². The standard InChI is InChI=1S/C15H17BrN2O3/c16-11-1-2-12-13(7-11)15(20)18(14(12)19)5-4-17-8-10-3-6-21-9-10/h1-2,7,10,17H,3-6,8-9H2. The third-order valence-electron chi connectivity index (χ3n) is 3.90. The number of benzene rings is 1. The fourth-order valence-electron chi connectivity index (χ4n) is 2.71. The van der Waals surface area contributed by atoms with E-state index in [4.69, 9.17) is 4.74 Å². The summed E-state index contributed by atoms with van der Waals surface area (Å²) in [5.74, 6) is 0.138. The minimum absolute atomic E-state index is 0.200. The first-order chi connectivity index (χ1) is 10.2. The van der Waals surface area contributed by atoms with Crippen LogP contribution in [-0.4, -0.2) is 49.6 Å². The molecular weight excluding hydrogens is 336 g/mol. The molecule has 1 atom stereocenters. The molecule has 1 aromatic rings. The number of imide groups is 1. The maximum Gasteiger partial charge on any atom is 0.261 e. The van der Waals surface area contributed by atoms with Crippen molar-refractivity contribution in [3.05, 3.63) is 33.8 Å². The topological polar surface area (TPSA) is 58.6 Å². The van der Waals surface area contributed by atoms with Crippen molar-refractivity contribution < 1.29 is 14.3 Å². The molecule has 112 valence electrons. The number of fused-ring (bicyclic) bond motifs is 1. The van der Waals surface area contributed by atoms with Crippen molar-refractivity contribution in [3.63, 3.8) is 0 Å². The highest BCUT2D eigenvalue weighted by atomic mass is 79.9. The van der Waals surface area contributed by atoms with Crippen LogP contribution in [0.5, 0.6) is 0 Å². The Morgan fingerprint density at radius 3 is 2.86 bits per heavy atom. The van der Waals surface area contributed by atoms with Crippen LogP contribution in [0.3, 0.4) is 0 Å². The number of amides is 2. The van der Waals surface area contributed by atoms with Crippen LogP contribution in [0, 0.1) is 5.92 Å². The summed E-state index contributed by atoms with van der Waals surface area (Å²) < 4.78 is 6.12. The molecule has 0 bridgehead atoms. The van der Waals surface area contributed by atoms with Gasteiger partial charge in [-0.1, -0.05) is 15.9 Å². The zero-order valence-corrected chi connectivity index (χ0v) is 13.2. The Morgan fingerprint density at radius 2 is 2.10 bits per heavy atom. The summed E-state index contributed by atoms with van der Waals surface area (Å²) in [6.45, 7) is 3.52. The van der Waals surface area contributed by atoms with Gasteiger partial charge in [-0.15, -0.1) is 0 Å². The van der Waals surface area contributed by atoms with Gasteiger partial charge in [0.1, 0.15) is 0 Å². The molecule has 1 aromatic carbocycles. The van der Waals surface area contributed by atoms with Gasteiger partial charge in [0.15, 0.2) is 0 Å². The average molecular weight is 353 g/mol. The zero-order valence-electron chi connectivity index (χ0n) is 11.6. The Balaban J connectivity index is 1.55. The van der Waals surface area contributed by atoms with Crippen molar-refractivity contribution in [2.24, 2.45) is 5.92 Å². The van der Waals surface area contributed by atoms with E-state index in [1.54, 1.807) is 18.2 Å². The molecule has 2 aliphatic heterocycles. The predicted octanol–water partition coefficient (Wildman–Crippen LogP) is 1.67. The van der Waals surface area contributed by atoms with Crippen molar-refractivity contribution in [3.8, 4) is 0 Å². The van der Waals surface area contributed by atoms with Gasteiger partial charge in [0.05, 0.1) is 17.7 Å². The molecular formula is C15H17BrN2O3. The smallest absolute Gasteiger partial charge is 0.261 e. The number of nitrogens with zero attached hydrogens (tertiary/aromatic N) is 1. The van der Waals surface area contributed by atoms with E-state index < -0.39 is 0 Å². The molecule has 21 heavy (non-hydrogen) atoms. The lowest BCUT2D eigenvalue weighted by Gasteiger charge is -2.15. The lowest BCUT2D eigenvalue weighted by molar-refractivity contribution is 0.0655. The third kappa shape index (κ3) is 3.02. The summed E-state index contributed by atoms with van der Waals surface area (Å²) in [5.41, 5.74) is 0.978. The minimum Gasteiger partial charge on any atom is -0.381 e. The Kier molecular flexibility index (Phi) is 4.37. The Morgan fingerprint density at radius 1 is 1.29 bits per heavy atom. The first kappa shape index (κ1) is 14.7. The maximum atomic E-state index is 12.2. The largest absolute Gasteiger partial charge is 0.381 e. The molecule has 0 radical (unpaired) electrons. The molecule has 0 saturated carbocycles. The van der Waals surface area contributed by atoms with E-state index in [1.165, 1.54) is 4.90 Å². The van der Waals surface area contributed by atoms with E-state index in [9.17, 15) is 9.59 Å². The van der Waals surface area contributed by atoms with Crippen molar-refractivity contribution in [1.82, 2.24) is 10.2 Å². The number of carbonyl (C=O) groups is 2.